The van der Waals surface area contributed by atoms with E-state index < -0.39 is 0 Å². The molecule has 1 amide bonds. The summed E-state index contributed by atoms with van der Waals surface area (Å²) in [5.74, 6) is 0.695. The van der Waals surface area contributed by atoms with E-state index in [1.54, 1.807) is 7.11 Å². The third kappa shape index (κ3) is 3.73. The van der Waals surface area contributed by atoms with Gasteiger partial charge in [0.15, 0.2) is 5.13 Å². The second kappa shape index (κ2) is 7.67. The molecule has 4 rings (SSSR count). The van der Waals surface area contributed by atoms with Crippen molar-refractivity contribution in [2.75, 3.05) is 12.4 Å². The average molecular weight is 407 g/mol. The lowest BCUT2D eigenvalue weighted by molar-refractivity contribution is -0.115. The minimum atomic E-state index is -0.105. The Morgan fingerprint density at radius 2 is 1.90 bits per heavy atom. The van der Waals surface area contributed by atoms with Gasteiger partial charge in [-0.3, -0.25) is 4.79 Å². The molecule has 0 spiro atoms. The van der Waals surface area contributed by atoms with Crippen molar-refractivity contribution in [1.82, 2.24) is 14.4 Å². The molecule has 7 heteroatoms. The lowest BCUT2D eigenvalue weighted by Gasteiger charge is -2.04. The minimum absolute atomic E-state index is 0.105. The summed E-state index contributed by atoms with van der Waals surface area (Å²) >= 11 is 1.47. The van der Waals surface area contributed by atoms with Crippen molar-refractivity contribution in [3.05, 3.63) is 64.4 Å². The van der Waals surface area contributed by atoms with Crippen LogP contribution in [0.15, 0.2) is 42.6 Å². The lowest BCUT2D eigenvalue weighted by Crippen LogP contribution is -2.16. The van der Waals surface area contributed by atoms with Crippen LogP contribution in [0, 0.1) is 20.8 Å². The number of fused-ring (bicyclic) bond motifs is 1. The Morgan fingerprint density at radius 3 is 2.62 bits per heavy atom. The number of imidazole rings is 1. The summed E-state index contributed by atoms with van der Waals surface area (Å²) in [6.45, 7) is 5.96. The first-order valence-electron chi connectivity index (χ1n) is 9.31. The van der Waals surface area contributed by atoms with Crippen LogP contribution in [0.4, 0.5) is 5.13 Å². The number of carbonyl (C=O) groups excluding carboxylic acids is 1. The van der Waals surface area contributed by atoms with E-state index in [-0.39, 0.29) is 12.3 Å². The molecule has 0 radical (unpaired) electrons. The van der Waals surface area contributed by atoms with E-state index in [2.05, 4.69) is 15.3 Å². The van der Waals surface area contributed by atoms with Gasteiger partial charge in [-0.15, -0.1) is 11.3 Å². The second-order valence-electron chi connectivity index (χ2n) is 6.91. The van der Waals surface area contributed by atoms with Crippen molar-refractivity contribution in [2.45, 2.75) is 27.2 Å². The van der Waals surface area contributed by atoms with Crippen LogP contribution in [-0.4, -0.2) is 27.4 Å². The Hall–Kier alpha value is -3.19. The van der Waals surface area contributed by atoms with Gasteiger partial charge in [-0.05, 0) is 56.7 Å². The fraction of sp³-hybridized carbons (Fsp3) is 0.227. The number of amides is 1. The zero-order valence-corrected chi connectivity index (χ0v) is 17.6. The van der Waals surface area contributed by atoms with Crippen LogP contribution in [0.2, 0.25) is 0 Å². The maximum atomic E-state index is 12.7. The van der Waals surface area contributed by atoms with Crippen molar-refractivity contribution in [2.24, 2.45) is 0 Å². The largest absolute Gasteiger partial charge is 0.497 e. The Kier molecular flexibility index (Phi) is 5.07. The molecular formula is C22H22N4O2S. The number of nitrogens with one attached hydrogen (secondary N) is 1. The molecule has 0 saturated heterocycles. The predicted octanol–water partition coefficient (Wildman–Crippen LogP) is 4.57. The van der Waals surface area contributed by atoms with Crippen molar-refractivity contribution in [3.8, 4) is 17.0 Å². The third-order valence-electron chi connectivity index (χ3n) is 4.88. The van der Waals surface area contributed by atoms with Crippen LogP contribution < -0.4 is 10.1 Å². The number of anilines is 1. The number of methoxy groups -OCH3 is 1. The molecule has 1 aromatic carbocycles. The minimum Gasteiger partial charge on any atom is -0.497 e. The van der Waals surface area contributed by atoms with Crippen molar-refractivity contribution in [3.63, 3.8) is 0 Å². The molecule has 0 fully saturated rings. The molecule has 4 aromatic rings. The Balaban J connectivity index is 1.54. The molecule has 0 aliphatic rings. The topological polar surface area (TPSA) is 68.5 Å². The maximum absolute atomic E-state index is 12.7. The first-order chi connectivity index (χ1) is 14.0. The summed E-state index contributed by atoms with van der Waals surface area (Å²) in [6.07, 6.45) is 2.19. The molecule has 0 aliphatic carbocycles. The van der Waals surface area contributed by atoms with Gasteiger partial charge in [-0.25, -0.2) is 9.97 Å². The fourth-order valence-electron chi connectivity index (χ4n) is 3.36. The van der Waals surface area contributed by atoms with Gasteiger partial charge in [0.2, 0.25) is 5.91 Å². The highest BCUT2D eigenvalue weighted by atomic mass is 32.1. The molecule has 0 atom stereocenters. The van der Waals surface area contributed by atoms with E-state index >= 15 is 0 Å². The van der Waals surface area contributed by atoms with Crippen molar-refractivity contribution in [1.29, 1.82) is 0 Å². The normalized spacial score (nSPS) is 11.0. The van der Waals surface area contributed by atoms with Gasteiger partial charge in [0, 0.05) is 16.6 Å². The van der Waals surface area contributed by atoms with Gasteiger partial charge in [0.05, 0.1) is 30.6 Å². The molecule has 0 saturated carbocycles. The van der Waals surface area contributed by atoms with Crippen LogP contribution in [0.3, 0.4) is 0 Å². The SMILES string of the molecule is COc1ccc(-c2nc(NC(=O)Cc3c(C)nc4c(C)cccn34)sc2C)cc1. The number of benzene rings is 1. The number of aryl methyl sites for hydroxylation is 3. The number of carbonyl (C=O) groups is 1. The molecule has 0 bridgehead atoms. The quantitative estimate of drug-likeness (QED) is 0.527. The second-order valence-corrected chi connectivity index (χ2v) is 8.11. The molecule has 1 N–H and O–H groups in total. The summed E-state index contributed by atoms with van der Waals surface area (Å²) in [5.41, 5.74) is 5.60. The summed E-state index contributed by atoms with van der Waals surface area (Å²) in [4.78, 5) is 23.0. The van der Waals surface area contributed by atoms with E-state index in [1.807, 2.05) is 67.8 Å². The molecule has 29 heavy (non-hydrogen) atoms. The van der Waals surface area contributed by atoms with Crippen LogP contribution in [0.5, 0.6) is 5.75 Å². The first-order valence-corrected chi connectivity index (χ1v) is 10.1. The first kappa shape index (κ1) is 19.1. The number of thiazole rings is 1. The fourth-order valence-corrected chi connectivity index (χ4v) is 4.21. The number of pyridine rings is 1. The zero-order valence-electron chi connectivity index (χ0n) is 16.8. The summed E-state index contributed by atoms with van der Waals surface area (Å²) in [6, 6.07) is 11.7. The molecular weight excluding hydrogens is 384 g/mol. The van der Waals surface area contributed by atoms with E-state index in [9.17, 15) is 4.79 Å². The maximum Gasteiger partial charge on any atom is 0.232 e. The van der Waals surface area contributed by atoms with Gasteiger partial charge in [-0.2, -0.15) is 0 Å². The summed E-state index contributed by atoms with van der Waals surface area (Å²) < 4.78 is 7.19. The van der Waals surface area contributed by atoms with E-state index in [0.29, 0.717) is 5.13 Å². The number of aromatic nitrogens is 3. The van der Waals surface area contributed by atoms with Gasteiger partial charge >= 0.3 is 0 Å². The van der Waals surface area contributed by atoms with E-state index in [4.69, 9.17) is 4.74 Å². The molecule has 3 heterocycles. The van der Waals surface area contributed by atoms with E-state index in [1.165, 1.54) is 11.3 Å². The van der Waals surface area contributed by atoms with Crippen LogP contribution in [-0.2, 0) is 11.2 Å². The molecule has 0 aliphatic heterocycles. The zero-order chi connectivity index (χ0) is 20.5. The molecule has 148 valence electrons. The predicted molar refractivity (Wildman–Crippen MR) is 116 cm³/mol. The van der Waals surface area contributed by atoms with Crippen molar-refractivity contribution >= 4 is 28.0 Å². The molecule has 6 nitrogen and oxygen atoms in total. The van der Waals surface area contributed by atoms with E-state index in [0.717, 1.165) is 44.5 Å². The summed E-state index contributed by atoms with van der Waals surface area (Å²) in [7, 11) is 1.64. The smallest absolute Gasteiger partial charge is 0.232 e. The van der Waals surface area contributed by atoms with Crippen LogP contribution in [0.1, 0.15) is 21.8 Å². The number of ether oxygens (including phenoxy) is 1. The molecule has 0 unspecified atom stereocenters. The van der Waals surface area contributed by atoms with Gasteiger partial charge in [-0.1, -0.05) is 6.07 Å². The highest BCUT2D eigenvalue weighted by molar-refractivity contribution is 7.16. The molecule has 3 aromatic heterocycles. The van der Waals surface area contributed by atoms with Crippen LogP contribution in [0.25, 0.3) is 16.9 Å². The highest BCUT2D eigenvalue weighted by Crippen LogP contribution is 2.31. The number of rotatable bonds is 5. The number of hydrogen-bond donors (Lipinski definition) is 1. The van der Waals surface area contributed by atoms with Gasteiger partial charge in [0.1, 0.15) is 11.4 Å². The standard InChI is InChI=1S/C22H22N4O2S/c1-13-6-5-11-26-18(14(2)23-21(13)26)12-19(27)24-22-25-20(15(3)29-22)16-7-9-17(28-4)10-8-16/h5-11H,12H2,1-4H3,(H,24,25,27). The third-order valence-corrected chi connectivity index (χ3v) is 5.76. The number of nitrogens with zero attached hydrogens (tertiary/aromatic N) is 3. The van der Waals surface area contributed by atoms with Crippen LogP contribution >= 0.6 is 11.3 Å². The van der Waals surface area contributed by atoms with Gasteiger partial charge < -0.3 is 14.5 Å². The highest BCUT2D eigenvalue weighted by Gasteiger charge is 2.16. The Bertz CT molecular complexity index is 1190. The number of hydrogen-bond acceptors (Lipinski definition) is 5. The summed E-state index contributed by atoms with van der Waals surface area (Å²) in [5, 5.41) is 3.54. The Labute approximate surface area is 173 Å². The monoisotopic (exact) mass is 406 g/mol. The average Bonchev–Trinajstić information content (AvgIpc) is 3.22. The Morgan fingerprint density at radius 1 is 1.14 bits per heavy atom. The lowest BCUT2D eigenvalue weighted by atomic mass is 10.1. The van der Waals surface area contributed by atoms with Crippen molar-refractivity contribution < 1.29 is 9.53 Å². The van der Waals surface area contributed by atoms with Gasteiger partial charge in [0.25, 0.3) is 0 Å².